The zero-order chi connectivity index (χ0) is 7.31. The van der Waals surface area contributed by atoms with Crippen molar-refractivity contribution in [2.45, 2.75) is 18.3 Å². The Morgan fingerprint density at radius 2 is 1.91 bits per heavy atom. The lowest BCUT2D eigenvalue weighted by Crippen LogP contribution is -1.97. The quantitative estimate of drug-likeness (QED) is 0.522. The summed E-state index contributed by atoms with van der Waals surface area (Å²) in [4.78, 5) is 0. The van der Waals surface area contributed by atoms with Gasteiger partial charge in [0.2, 0.25) is 0 Å². The van der Waals surface area contributed by atoms with E-state index in [9.17, 15) is 0 Å². The van der Waals surface area contributed by atoms with Gasteiger partial charge < -0.3 is 0 Å². The van der Waals surface area contributed by atoms with Gasteiger partial charge in [-0.25, -0.2) is 0 Å². The maximum atomic E-state index is 2.37. The number of hydrogen-bond acceptors (Lipinski definition) is 0. The van der Waals surface area contributed by atoms with E-state index in [1.165, 1.54) is 18.4 Å². The van der Waals surface area contributed by atoms with Gasteiger partial charge in [0.05, 0.1) is 0 Å². The third kappa shape index (κ3) is 0.597. The van der Waals surface area contributed by atoms with E-state index >= 15 is 0 Å². The third-order valence-electron chi connectivity index (χ3n) is 2.87. The van der Waals surface area contributed by atoms with Crippen molar-refractivity contribution < 1.29 is 0 Å². The maximum absolute atomic E-state index is 2.37. The Morgan fingerprint density at radius 3 is 2.73 bits per heavy atom. The molecule has 0 radical (unpaired) electrons. The Hall–Kier alpha value is -1.04. The van der Waals surface area contributed by atoms with E-state index < -0.39 is 0 Å². The average Bonchev–Trinajstić information content (AvgIpc) is 2.72. The molecule has 0 aromatic heterocycles. The van der Waals surface area contributed by atoms with Gasteiger partial charge in [-0.3, -0.25) is 0 Å². The van der Waals surface area contributed by atoms with Gasteiger partial charge in [-0.1, -0.05) is 36.4 Å². The minimum Gasteiger partial charge on any atom is -0.0733 e. The highest BCUT2D eigenvalue weighted by atomic mass is 14.5. The first-order chi connectivity index (χ1) is 5.41. The Kier molecular flexibility index (Phi) is 0.803. The highest BCUT2D eigenvalue weighted by Gasteiger charge is 2.44. The first-order valence-electron chi connectivity index (χ1n) is 4.20. The fraction of sp³-hybridized carbons (Fsp3) is 0.273. The van der Waals surface area contributed by atoms with Crippen LogP contribution < -0.4 is 0 Å². The van der Waals surface area contributed by atoms with Gasteiger partial charge in [0.15, 0.2) is 0 Å². The molecule has 0 heteroatoms. The highest BCUT2D eigenvalue weighted by Crippen LogP contribution is 2.54. The second kappa shape index (κ2) is 1.58. The van der Waals surface area contributed by atoms with E-state index in [4.69, 9.17) is 0 Å². The Morgan fingerprint density at radius 1 is 1.09 bits per heavy atom. The molecule has 1 aromatic rings. The molecule has 0 N–H and O–H groups in total. The summed E-state index contributed by atoms with van der Waals surface area (Å²) in [5, 5.41) is 0. The standard InChI is InChI=1S/C11H10/c1-2-4-10-9(3-1)5-6-11(10)7-8-11/h1-6H,7-8H2. The molecular formula is C11H10. The average molecular weight is 142 g/mol. The lowest BCUT2D eigenvalue weighted by Gasteiger charge is -2.05. The second-order valence-electron chi connectivity index (χ2n) is 3.58. The molecule has 1 spiro atoms. The summed E-state index contributed by atoms with van der Waals surface area (Å²) in [7, 11) is 0. The van der Waals surface area contributed by atoms with Crippen LogP contribution in [0.25, 0.3) is 6.08 Å². The second-order valence-corrected chi connectivity index (χ2v) is 3.58. The van der Waals surface area contributed by atoms with Crippen molar-refractivity contribution in [2.75, 3.05) is 0 Å². The molecule has 0 unspecified atom stereocenters. The van der Waals surface area contributed by atoms with Crippen LogP contribution in [0.3, 0.4) is 0 Å². The van der Waals surface area contributed by atoms with Gasteiger partial charge in [0.25, 0.3) is 0 Å². The smallest absolute Gasteiger partial charge is 0.0142 e. The molecule has 3 rings (SSSR count). The molecule has 11 heavy (non-hydrogen) atoms. The van der Waals surface area contributed by atoms with Crippen LogP contribution in [0.1, 0.15) is 24.0 Å². The van der Waals surface area contributed by atoms with E-state index in [1.54, 1.807) is 5.56 Å². The molecule has 0 heterocycles. The van der Waals surface area contributed by atoms with Crippen molar-refractivity contribution in [1.82, 2.24) is 0 Å². The first-order valence-corrected chi connectivity index (χ1v) is 4.20. The third-order valence-corrected chi connectivity index (χ3v) is 2.87. The van der Waals surface area contributed by atoms with E-state index in [1.807, 2.05) is 0 Å². The SMILES string of the molecule is C1=CC2(CC2)c2ccccc21. The minimum absolute atomic E-state index is 0.497. The molecule has 0 aliphatic heterocycles. The lowest BCUT2D eigenvalue weighted by molar-refractivity contribution is 0.913. The zero-order valence-electron chi connectivity index (χ0n) is 6.38. The summed E-state index contributed by atoms with van der Waals surface area (Å²) < 4.78 is 0. The number of rotatable bonds is 0. The molecule has 2 aliphatic carbocycles. The molecule has 54 valence electrons. The Labute approximate surface area is 66.6 Å². The lowest BCUT2D eigenvalue weighted by atomic mass is 9.98. The van der Waals surface area contributed by atoms with Crippen LogP contribution in [-0.2, 0) is 5.41 Å². The van der Waals surface area contributed by atoms with Crippen LogP contribution in [0, 0.1) is 0 Å². The van der Waals surface area contributed by atoms with Crippen LogP contribution >= 0.6 is 0 Å². The summed E-state index contributed by atoms with van der Waals surface area (Å²) in [5.41, 5.74) is 3.49. The predicted molar refractivity (Wildman–Crippen MR) is 46.4 cm³/mol. The molecular weight excluding hydrogens is 132 g/mol. The van der Waals surface area contributed by atoms with Crippen LogP contribution in [0.5, 0.6) is 0 Å². The summed E-state index contributed by atoms with van der Waals surface area (Å²) in [5.74, 6) is 0. The van der Waals surface area contributed by atoms with Crippen LogP contribution in [0.15, 0.2) is 30.3 Å². The van der Waals surface area contributed by atoms with Crippen molar-refractivity contribution in [1.29, 1.82) is 0 Å². The molecule has 0 atom stereocenters. The number of fused-ring (bicyclic) bond motifs is 2. The van der Waals surface area contributed by atoms with Crippen LogP contribution in [-0.4, -0.2) is 0 Å². The monoisotopic (exact) mass is 142 g/mol. The number of allylic oxidation sites excluding steroid dienone is 1. The minimum atomic E-state index is 0.497. The molecule has 1 saturated carbocycles. The Bertz CT molecular complexity index is 330. The molecule has 1 fully saturated rings. The molecule has 0 saturated heterocycles. The predicted octanol–water partition coefficient (Wildman–Crippen LogP) is 2.75. The normalized spacial score (nSPS) is 22.2. The number of hydrogen-bond donors (Lipinski definition) is 0. The summed E-state index contributed by atoms with van der Waals surface area (Å²) in [6, 6.07) is 8.73. The fourth-order valence-corrected chi connectivity index (χ4v) is 2.01. The number of benzene rings is 1. The molecule has 0 bridgehead atoms. The van der Waals surface area contributed by atoms with E-state index in [-0.39, 0.29) is 0 Å². The van der Waals surface area contributed by atoms with Crippen molar-refractivity contribution in [3.8, 4) is 0 Å². The van der Waals surface area contributed by atoms with Crippen molar-refractivity contribution in [3.05, 3.63) is 41.5 Å². The molecule has 1 aromatic carbocycles. The van der Waals surface area contributed by atoms with Gasteiger partial charge in [-0.15, -0.1) is 0 Å². The molecule has 2 aliphatic rings. The van der Waals surface area contributed by atoms with E-state index in [0.29, 0.717) is 5.41 Å². The van der Waals surface area contributed by atoms with Crippen molar-refractivity contribution in [3.63, 3.8) is 0 Å². The van der Waals surface area contributed by atoms with Gasteiger partial charge in [-0.2, -0.15) is 0 Å². The fourth-order valence-electron chi connectivity index (χ4n) is 2.01. The summed E-state index contributed by atoms with van der Waals surface area (Å²) >= 11 is 0. The Balaban J connectivity index is 2.28. The topological polar surface area (TPSA) is 0 Å². The van der Waals surface area contributed by atoms with Gasteiger partial charge in [0, 0.05) is 5.41 Å². The van der Waals surface area contributed by atoms with E-state index in [2.05, 4.69) is 36.4 Å². The van der Waals surface area contributed by atoms with Gasteiger partial charge in [-0.05, 0) is 24.0 Å². The molecule has 0 nitrogen and oxygen atoms in total. The van der Waals surface area contributed by atoms with E-state index in [0.717, 1.165) is 0 Å². The summed E-state index contributed by atoms with van der Waals surface area (Å²) in [6.07, 6.45) is 7.36. The van der Waals surface area contributed by atoms with Gasteiger partial charge >= 0.3 is 0 Å². The summed E-state index contributed by atoms with van der Waals surface area (Å²) in [6.45, 7) is 0. The van der Waals surface area contributed by atoms with Gasteiger partial charge in [0.1, 0.15) is 0 Å². The highest BCUT2D eigenvalue weighted by molar-refractivity contribution is 5.67. The first kappa shape index (κ1) is 5.59. The largest absolute Gasteiger partial charge is 0.0733 e. The zero-order valence-corrected chi connectivity index (χ0v) is 6.38. The van der Waals surface area contributed by atoms with Crippen LogP contribution in [0.2, 0.25) is 0 Å². The maximum Gasteiger partial charge on any atom is 0.0142 e. The van der Waals surface area contributed by atoms with Crippen molar-refractivity contribution in [2.24, 2.45) is 0 Å². The van der Waals surface area contributed by atoms with Crippen LogP contribution in [0.4, 0.5) is 0 Å². The van der Waals surface area contributed by atoms with Crippen molar-refractivity contribution >= 4 is 6.08 Å². The molecule has 0 amide bonds.